The van der Waals surface area contributed by atoms with Gasteiger partial charge in [0.25, 0.3) is 5.91 Å². The molecule has 0 spiro atoms. The highest BCUT2D eigenvalue weighted by Crippen LogP contribution is 2.35. The van der Waals surface area contributed by atoms with Gasteiger partial charge in [-0.2, -0.15) is 18.4 Å². The van der Waals surface area contributed by atoms with Gasteiger partial charge >= 0.3 is 6.18 Å². The number of hydrogen-bond donors (Lipinski definition) is 2. The van der Waals surface area contributed by atoms with Gasteiger partial charge in [-0.1, -0.05) is 12.1 Å². The summed E-state index contributed by atoms with van der Waals surface area (Å²) in [7, 11) is 0. The number of amides is 1. The fraction of sp³-hybridized carbons (Fsp3) is 0.100. The number of hydrogen-bond acceptors (Lipinski definition) is 5. The van der Waals surface area contributed by atoms with Crippen molar-refractivity contribution >= 4 is 23.1 Å². The minimum absolute atomic E-state index is 0.0196. The number of halogens is 3. The molecule has 1 aromatic heterocycles. The molecule has 0 unspecified atom stereocenters. The molecule has 0 saturated heterocycles. The lowest BCUT2D eigenvalue weighted by molar-refractivity contribution is -0.136. The van der Waals surface area contributed by atoms with Gasteiger partial charge < -0.3 is 10.6 Å². The van der Waals surface area contributed by atoms with Crippen LogP contribution in [0.15, 0.2) is 54.6 Å². The molecule has 0 aliphatic heterocycles. The van der Waals surface area contributed by atoms with Gasteiger partial charge in [-0.15, -0.1) is 0 Å². The van der Waals surface area contributed by atoms with E-state index >= 15 is 0 Å². The average molecular weight is 397 g/mol. The van der Waals surface area contributed by atoms with E-state index in [0.29, 0.717) is 11.3 Å². The highest BCUT2D eigenvalue weighted by atomic mass is 19.4. The highest BCUT2D eigenvalue weighted by Gasteiger charge is 2.33. The molecule has 9 heteroatoms. The molecule has 3 rings (SSSR count). The summed E-state index contributed by atoms with van der Waals surface area (Å²) >= 11 is 0. The number of nitrogens with one attached hydrogen (secondary N) is 2. The SMILES string of the molecule is Cc1nc(Nc2ccccc2C(F)(F)F)cc(C(=O)Nc2ccc(C#N)cc2)n1. The number of benzene rings is 2. The van der Waals surface area contributed by atoms with Gasteiger partial charge in [-0.05, 0) is 43.3 Å². The van der Waals surface area contributed by atoms with Gasteiger partial charge in [-0.25, -0.2) is 9.97 Å². The van der Waals surface area contributed by atoms with E-state index in [-0.39, 0.29) is 23.0 Å². The van der Waals surface area contributed by atoms with Crippen LogP contribution in [0, 0.1) is 18.3 Å². The summed E-state index contributed by atoms with van der Waals surface area (Å²) in [5.74, 6) is -0.295. The Hall–Kier alpha value is -3.93. The Morgan fingerprint density at radius 1 is 1.07 bits per heavy atom. The van der Waals surface area contributed by atoms with E-state index in [9.17, 15) is 18.0 Å². The van der Waals surface area contributed by atoms with Crippen molar-refractivity contribution in [3.63, 3.8) is 0 Å². The average Bonchev–Trinajstić information content (AvgIpc) is 2.67. The maximum absolute atomic E-state index is 13.2. The van der Waals surface area contributed by atoms with Crippen LogP contribution in [0.25, 0.3) is 0 Å². The highest BCUT2D eigenvalue weighted by molar-refractivity contribution is 6.03. The number of aromatic nitrogens is 2. The fourth-order valence-corrected chi connectivity index (χ4v) is 2.55. The summed E-state index contributed by atoms with van der Waals surface area (Å²) in [6, 6.07) is 14.4. The van der Waals surface area contributed by atoms with Crippen molar-refractivity contribution in [3.8, 4) is 6.07 Å². The van der Waals surface area contributed by atoms with Crippen molar-refractivity contribution in [1.29, 1.82) is 5.26 Å². The molecule has 0 aliphatic rings. The quantitative estimate of drug-likeness (QED) is 0.668. The third-order valence-electron chi connectivity index (χ3n) is 3.84. The van der Waals surface area contributed by atoms with Crippen LogP contribution in [0.1, 0.15) is 27.4 Å². The minimum Gasteiger partial charge on any atom is -0.340 e. The number of alkyl halides is 3. The normalized spacial score (nSPS) is 10.9. The largest absolute Gasteiger partial charge is 0.418 e. The molecule has 0 saturated carbocycles. The van der Waals surface area contributed by atoms with Crippen molar-refractivity contribution in [3.05, 3.63) is 77.2 Å². The van der Waals surface area contributed by atoms with E-state index in [1.165, 1.54) is 31.2 Å². The number of carbonyl (C=O) groups is 1. The molecule has 1 heterocycles. The van der Waals surface area contributed by atoms with Crippen LogP contribution in [0.3, 0.4) is 0 Å². The first-order chi connectivity index (χ1) is 13.8. The second-order valence-corrected chi connectivity index (χ2v) is 6.00. The molecule has 0 atom stereocenters. The van der Waals surface area contributed by atoms with E-state index in [1.54, 1.807) is 24.3 Å². The Bertz CT molecular complexity index is 1090. The molecule has 0 fully saturated rings. The molecule has 1 amide bonds. The molecule has 29 heavy (non-hydrogen) atoms. The molecular formula is C20H14F3N5O. The number of rotatable bonds is 4. The third-order valence-corrected chi connectivity index (χ3v) is 3.84. The summed E-state index contributed by atoms with van der Waals surface area (Å²) in [5, 5.41) is 14.0. The Kier molecular flexibility index (Phi) is 5.45. The molecular weight excluding hydrogens is 383 g/mol. The summed E-state index contributed by atoms with van der Waals surface area (Å²) in [6.07, 6.45) is -4.54. The van der Waals surface area contributed by atoms with Gasteiger partial charge in [0.05, 0.1) is 22.9 Å². The van der Waals surface area contributed by atoms with Gasteiger partial charge in [0, 0.05) is 11.8 Å². The second-order valence-electron chi connectivity index (χ2n) is 6.00. The first-order valence-electron chi connectivity index (χ1n) is 8.37. The molecule has 0 radical (unpaired) electrons. The standard InChI is InChI=1S/C20H14F3N5O/c1-12-25-17(19(29)27-14-8-6-13(11-24)7-9-14)10-18(26-12)28-16-5-3-2-4-15(16)20(21,22)23/h2-10H,1H3,(H,27,29)(H,25,26,28). The third kappa shape index (κ3) is 4.87. The summed E-state index contributed by atoms with van der Waals surface area (Å²) < 4.78 is 39.5. The topological polar surface area (TPSA) is 90.7 Å². The Morgan fingerprint density at radius 3 is 2.41 bits per heavy atom. The Balaban J connectivity index is 1.85. The predicted octanol–water partition coefficient (Wildman–Crippen LogP) is 4.67. The molecule has 0 bridgehead atoms. The summed E-state index contributed by atoms with van der Waals surface area (Å²) in [6.45, 7) is 1.53. The Labute approximate surface area is 164 Å². The van der Waals surface area contributed by atoms with Gasteiger partial charge in [0.15, 0.2) is 0 Å². The van der Waals surface area contributed by atoms with Crippen LogP contribution < -0.4 is 10.6 Å². The van der Waals surface area contributed by atoms with Crippen molar-refractivity contribution in [2.45, 2.75) is 13.1 Å². The zero-order chi connectivity index (χ0) is 21.0. The van der Waals surface area contributed by atoms with E-state index in [0.717, 1.165) is 6.07 Å². The number of para-hydroxylation sites is 1. The first kappa shape index (κ1) is 19.8. The van der Waals surface area contributed by atoms with Crippen LogP contribution in [0.4, 0.5) is 30.4 Å². The molecule has 146 valence electrons. The van der Waals surface area contributed by atoms with Crippen molar-refractivity contribution in [1.82, 2.24) is 9.97 Å². The number of nitriles is 1. The van der Waals surface area contributed by atoms with Crippen LogP contribution in [0.5, 0.6) is 0 Å². The van der Waals surface area contributed by atoms with E-state index < -0.39 is 17.6 Å². The van der Waals surface area contributed by atoms with E-state index in [1.807, 2.05) is 6.07 Å². The molecule has 0 aliphatic carbocycles. The summed E-state index contributed by atoms with van der Waals surface area (Å²) in [4.78, 5) is 20.6. The zero-order valence-electron chi connectivity index (χ0n) is 15.1. The fourth-order valence-electron chi connectivity index (χ4n) is 2.55. The number of nitrogens with zero attached hydrogens (tertiary/aromatic N) is 3. The lowest BCUT2D eigenvalue weighted by Crippen LogP contribution is -2.16. The van der Waals surface area contributed by atoms with Crippen LogP contribution in [0.2, 0.25) is 0 Å². The monoisotopic (exact) mass is 397 g/mol. The van der Waals surface area contributed by atoms with Crippen molar-refractivity contribution in [2.75, 3.05) is 10.6 Å². The maximum Gasteiger partial charge on any atom is 0.418 e. The Morgan fingerprint density at radius 2 is 1.76 bits per heavy atom. The van der Waals surface area contributed by atoms with Crippen molar-refractivity contribution < 1.29 is 18.0 Å². The van der Waals surface area contributed by atoms with Crippen LogP contribution >= 0.6 is 0 Å². The van der Waals surface area contributed by atoms with Crippen molar-refractivity contribution in [2.24, 2.45) is 0 Å². The zero-order valence-corrected chi connectivity index (χ0v) is 15.1. The lowest BCUT2D eigenvalue weighted by atomic mass is 10.1. The summed E-state index contributed by atoms with van der Waals surface area (Å²) in [5.41, 5.74) is -0.164. The molecule has 2 aromatic carbocycles. The number of anilines is 3. The molecule has 3 aromatic rings. The maximum atomic E-state index is 13.2. The van der Waals surface area contributed by atoms with Gasteiger partial charge in [-0.3, -0.25) is 4.79 Å². The van der Waals surface area contributed by atoms with E-state index in [4.69, 9.17) is 5.26 Å². The van der Waals surface area contributed by atoms with Gasteiger partial charge in [0.1, 0.15) is 17.3 Å². The predicted molar refractivity (Wildman–Crippen MR) is 101 cm³/mol. The van der Waals surface area contributed by atoms with Crippen LogP contribution in [-0.4, -0.2) is 15.9 Å². The second kappa shape index (κ2) is 7.98. The van der Waals surface area contributed by atoms with E-state index in [2.05, 4.69) is 20.6 Å². The first-order valence-corrected chi connectivity index (χ1v) is 8.37. The molecule has 6 nitrogen and oxygen atoms in total. The lowest BCUT2D eigenvalue weighted by Gasteiger charge is -2.14. The van der Waals surface area contributed by atoms with Crippen LogP contribution in [-0.2, 0) is 6.18 Å². The van der Waals surface area contributed by atoms with Gasteiger partial charge in [0.2, 0.25) is 0 Å². The number of aryl methyl sites for hydroxylation is 1. The smallest absolute Gasteiger partial charge is 0.340 e. The number of carbonyl (C=O) groups excluding carboxylic acids is 1. The molecule has 2 N–H and O–H groups in total. The minimum atomic E-state index is -4.54.